The van der Waals surface area contributed by atoms with Gasteiger partial charge in [-0.1, -0.05) is 30.3 Å². The third kappa shape index (κ3) is 3.53. The Labute approximate surface area is 151 Å². The maximum absolute atomic E-state index is 13.0. The Morgan fingerprint density at radius 3 is 2.50 bits per heavy atom. The average Bonchev–Trinajstić information content (AvgIpc) is 2.67. The van der Waals surface area contributed by atoms with Crippen LogP contribution in [0, 0.1) is 5.82 Å². The number of anilines is 1. The fraction of sp³-hybridized carbons (Fsp3) is 0.421. The molecule has 2 saturated heterocycles. The molecule has 2 fully saturated rings. The van der Waals surface area contributed by atoms with Gasteiger partial charge < -0.3 is 14.5 Å². The van der Waals surface area contributed by atoms with Gasteiger partial charge in [-0.25, -0.2) is 14.4 Å². The summed E-state index contributed by atoms with van der Waals surface area (Å²) in [5.41, 5.74) is 0.800. The van der Waals surface area contributed by atoms with Crippen LogP contribution in [0.25, 0.3) is 0 Å². The lowest BCUT2D eigenvalue weighted by molar-refractivity contribution is -0.168. The normalized spacial score (nSPS) is 19.8. The summed E-state index contributed by atoms with van der Waals surface area (Å²) in [6, 6.07) is 10.0. The summed E-state index contributed by atoms with van der Waals surface area (Å²) in [4.78, 5) is 24.3. The highest BCUT2D eigenvalue weighted by Crippen LogP contribution is 2.32. The van der Waals surface area contributed by atoms with Crippen LogP contribution in [-0.2, 0) is 16.1 Å². The summed E-state index contributed by atoms with van der Waals surface area (Å²) in [6.07, 6.45) is 3.94. The molecule has 0 radical (unpaired) electrons. The fourth-order valence-corrected chi connectivity index (χ4v) is 3.62. The number of halogens is 1. The van der Waals surface area contributed by atoms with E-state index in [2.05, 4.69) is 9.97 Å². The van der Waals surface area contributed by atoms with Gasteiger partial charge in [-0.05, 0) is 18.4 Å². The zero-order valence-corrected chi connectivity index (χ0v) is 14.5. The minimum absolute atomic E-state index is 0.0313. The Kier molecular flexibility index (Phi) is 4.55. The average molecular weight is 356 g/mol. The van der Waals surface area contributed by atoms with Gasteiger partial charge in [0.05, 0.1) is 24.5 Å². The van der Waals surface area contributed by atoms with Crippen molar-refractivity contribution < 1.29 is 13.9 Å². The number of ether oxygens (including phenoxy) is 1. The van der Waals surface area contributed by atoms with Gasteiger partial charge in [-0.2, -0.15) is 0 Å². The molecular weight excluding hydrogens is 335 g/mol. The standard InChI is InChI=1S/C19H21FN4O2/c20-16-10-21-18(22-11-16)23-8-6-19(7-9-23)14-24(17(25)13-26-19)12-15-4-2-1-3-5-15/h1-5,10-11H,6-9,12-14H2. The number of rotatable bonds is 3. The van der Waals surface area contributed by atoms with E-state index in [0.29, 0.717) is 19.0 Å². The van der Waals surface area contributed by atoms with E-state index in [1.54, 1.807) is 0 Å². The van der Waals surface area contributed by atoms with Crippen LogP contribution in [0.2, 0.25) is 0 Å². The van der Waals surface area contributed by atoms with Crippen molar-refractivity contribution in [2.24, 2.45) is 0 Å². The first-order valence-corrected chi connectivity index (χ1v) is 8.82. The van der Waals surface area contributed by atoms with Crippen LogP contribution in [0.15, 0.2) is 42.7 Å². The Morgan fingerprint density at radius 1 is 1.12 bits per heavy atom. The van der Waals surface area contributed by atoms with Crippen molar-refractivity contribution in [1.29, 1.82) is 0 Å². The van der Waals surface area contributed by atoms with E-state index < -0.39 is 5.82 Å². The number of carbonyl (C=O) groups excluding carboxylic acids is 1. The smallest absolute Gasteiger partial charge is 0.248 e. The second-order valence-electron chi connectivity index (χ2n) is 6.90. The van der Waals surface area contributed by atoms with E-state index in [4.69, 9.17) is 4.74 Å². The van der Waals surface area contributed by atoms with Gasteiger partial charge in [0, 0.05) is 19.6 Å². The molecule has 4 rings (SSSR count). The Hall–Kier alpha value is -2.54. The summed E-state index contributed by atoms with van der Waals surface area (Å²) in [7, 11) is 0. The van der Waals surface area contributed by atoms with Crippen LogP contribution in [-0.4, -0.2) is 52.6 Å². The number of piperidine rings is 1. The summed E-state index contributed by atoms with van der Waals surface area (Å²) in [5, 5.41) is 0. The number of carbonyl (C=O) groups is 1. The SMILES string of the molecule is O=C1COC2(CCN(c3ncc(F)cn3)CC2)CN1Cc1ccccc1. The van der Waals surface area contributed by atoms with Gasteiger partial charge in [0.2, 0.25) is 11.9 Å². The summed E-state index contributed by atoms with van der Waals surface area (Å²) >= 11 is 0. The first-order chi connectivity index (χ1) is 12.6. The van der Waals surface area contributed by atoms with Gasteiger partial charge in [0.1, 0.15) is 6.61 Å². The first-order valence-electron chi connectivity index (χ1n) is 8.82. The minimum atomic E-state index is -0.437. The Morgan fingerprint density at radius 2 is 1.81 bits per heavy atom. The van der Waals surface area contributed by atoms with Gasteiger partial charge in [-0.15, -0.1) is 0 Å². The zero-order chi connectivity index (χ0) is 18.0. The van der Waals surface area contributed by atoms with E-state index in [-0.39, 0.29) is 18.1 Å². The molecule has 0 unspecified atom stereocenters. The molecule has 1 aromatic heterocycles. The van der Waals surface area contributed by atoms with E-state index >= 15 is 0 Å². The van der Waals surface area contributed by atoms with Gasteiger partial charge in [-0.3, -0.25) is 4.79 Å². The van der Waals surface area contributed by atoms with Crippen LogP contribution >= 0.6 is 0 Å². The number of hydrogen-bond donors (Lipinski definition) is 0. The van der Waals surface area contributed by atoms with Gasteiger partial charge in [0.25, 0.3) is 0 Å². The largest absolute Gasteiger partial charge is 0.363 e. The summed E-state index contributed by atoms with van der Waals surface area (Å²) < 4.78 is 19.0. The fourth-order valence-electron chi connectivity index (χ4n) is 3.62. The second-order valence-corrected chi connectivity index (χ2v) is 6.90. The molecular formula is C19H21FN4O2. The topological polar surface area (TPSA) is 58.6 Å². The molecule has 2 aliphatic rings. The lowest BCUT2D eigenvalue weighted by Gasteiger charge is -2.47. The number of nitrogens with zero attached hydrogens (tertiary/aromatic N) is 4. The lowest BCUT2D eigenvalue weighted by atomic mass is 9.89. The Bertz CT molecular complexity index is 761. The van der Waals surface area contributed by atoms with Crippen molar-refractivity contribution in [3.8, 4) is 0 Å². The number of hydrogen-bond acceptors (Lipinski definition) is 5. The third-order valence-corrected chi connectivity index (χ3v) is 5.11. The molecule has 7 heteroatoms. The van der Waals surface area contributed by atoms with Crippen LogP contribution in [0.5, 0.6) is 0 Å². The maximum atomic E-state index is 13.0. The molecule has 2 aromatic rings. The predicted octanol–water partition coefficient (Wildman–Crippen LogP) is 2.01. The van der Waals surface area contributed by atoms with Crippen LogP contribution in [0.1, 0.15) is 18.4 Å². The molecule has 136 valence electrons. The quantitative estimate of drug-likeness (QED) is 0.842. The van der Waals surface area contributed by atoms with Crippen LogP contribution in [0.3, 0.4) is 0 Å². The molecule has 3 heterocycles. The number of aromatic nitrogens is 2. The number of morpholine rings is 1. The van der Waals surface area contributed by atoms with Crippen LogP contribution in [0.4, 0.5) is 10.3 Å². The van der Waals surface area contributed by atoms with Gasteiger partial charge in [0.15, 0.2) is 5.82 Å². The molecule has 1 amide bonds. The van der Waals surface area contributed by atoms with Crippen molar-refractivity contribution in [3.05, 3.63) is 54.1 Å². The van der Waals surface area contributed by atoms with Crippen molar-refractivity contribution in [2.45, 2.75) is 25.0 Å². The Balaban J connectivity index is 1.41. The highest BCUT2D eigenvalue weighted by molar-refractivity contribution is 5.78. The molecule has 2 aliphatic heterocycles. The monoisotopic (exact) mass is 356 g/mol. The molecule has 0 saturated carbocycles. The molecule has 0 aliphatic carbocycles. The van der Waals surface area contributed by atoms with Gasteiger partial charge >= 0.3 is 0 Å². The molecule has 26 heavy (non-hydrogen) atoms. The van der Waals surface area contributed by atoms with E-state index in [9.17, 15) is 9.18 Å². The van der Waals surface area contributed by atoms with Crippen molar-refractivity contribution >= 4 is 11.9 Å². The van der Waals surface area contributed by atoms with Crippen LogP contribution < -0.4 is 4.90 Å². The third-order valence-electron chi connectivity index (χ3n) is 5.11. The minimum Gasteiger partial charge on any atom is -0.363 e. The molecule has 0 N–H and O–H groups in total. The van der Waals surface area contributed by atoms with E-state index in [1.807, 2.05) is 40.1 Å². The maximum Gasteiger partial charge on any atom is 0.248 e. The zero-order valence-electron chi connectivity index (χ0n) is 14.5. The molecule has 0 bridgehead atoms. The predicted molar refractivity (Wildman–Crippen MR) is 94.0 cm³/mol. The number of benzene rings is 1. The van der Waals surface area contributed by atoms with E-state index in [0.717, 1.165) is 31.5 Å². The van der Waals surface area contributed by atoms with Crippen molar-refractivity contribution in [3.63, 3.8) is 0 Å². The number of amides is 1. The molecule has 0 atom stereocenters. The molecule has 6 nitrogen and oxygen atoms in total. The summed E-state index contributed by atoms with van der Waals surface area (Å²) in [6.45, 7) is 2.77. The first kappa shape index (κ1) is 16.9. The highest BCUT2D eigenvalue weighted by atomic mass is 19.1. The van der Waals surface area contributed by atoms with E-state index in [1.165, 1.54) is 12.4 Å². The second kappa shape index (κ2) is 6.99. The van der Waals surface area contributed by atoms with Crippen molar-refractivity contribution in [2.75, 3.05) is 31.1 Å². The summed E-state index contributed by atoms with van der Waals surface area (Å²) in [5.74, 6) is 0.131. The molecule has 1 spiro atoms. The molecule has 1 aromatic carbocycles. The highest BCUT2D eigenvalue weighted by Gasteiger charge is 2.42. The lowest BCUT2D eigenvalue weighted by Crippen LogP contribution is -2.58. The van der Waals surface area contributed by atoms with Crippen molar-refractivity contribution in [1.82, 2.24) is 14.9 Å².